The minimum Gasteiger partial charge on any atom is -0.279 e. The predicted molar refractivity (Wildman–Crippen MR) is 85.6 cm³/mol. The van der Waals surface area contributed by atoms with Crippen LogP contribution in [0.3, 0.4) is 0 Å². The quantitative estimate of drug-likeness (QED) is 0.899. The average Bonchev–Trinajstić information content (AvgIpc) is 2.32. The molecule has 0 fully saturated rings. The lowest BCUT2D eigenvalue weighted by atomic mass is 10.1. The molecule has 2 aromatic carbocycles. The number of sulfonamides is 1. The van der Waals surface area contributed by atoms with Crippen LogP contribution >= 0.6 is 15.9 Å². The highest BCUT2D eigenvalue weighted by Gasteiger charge is 2.17. The minimum absolute atomic E-state index is 0.292. The molecule has 0 saturated heterocycles. The Morgan fingerprint density at radius 3 is 2.25 bits per heavy atom. The van der Waals surface area contributed by atoms with Gasteiger partial charge in [0.25, 0.3) is 10.0 Å². The van der Waals surface area contributed by atoms with Gasteiger partial charge in [0, 0.05) is 4.47 Å². The molecule has 1 N–H and O–H groups in total. The summed E-state index contributed by atoms with van der Waals surface area (Å²) < 4.78 is 28.4. The van der Waals surface area contributed by atoms with Crippen molar-refractivity contribution in [2.45, 2.75) is 25.7 Å². The van der Waals surface area contributed by atoms with Gasteiger partial charge in [0.1, 0.15) is 0 Å². The summed E-state index contributed by atoms with van der Waals surface area (Å²) in [4.78, 5) is 0.292. The van der Waals surface area contributed by atoms with E-state index in [-0.39, 0.29) is 0 Å². The SMILES string of the molecule is Cc1ccc(NS(=O)(=O)c2ccc(Br)cc2C)c(C)c1. The molecule has 106 valence electrons. The first kappa shape index (κ1) is 15.1. The molecule has 0 saturated carbocycles. The molecule has 5 heteroatoms. The largest absolute Gasteiger partial charge is 0.279 e. The third kappa shape index (κ3) is 3.22. The highest BCUT2D eigenvalue weighted by Crippen LogP contribution is 2.24. The number of benzene rings is 2. The highest BCUT2D eigenvalue weighted by atomic mass is 79.9. The molecule has 0 spiro atoms. The van der Waals surface area contributed by atoms with Gasteiger partial charge in [-0.05, 0) is 56.2 Å². The zero-order valence-electron chi connectivity index (χ0n) is 11.6. The van der Waals surface area contributed by atoms with E-state index in [1.54, 1.807) is 31.2 Å². The lowest BCUT2D eigenvalue weighted by molar-refractivity contribution is 0.600. The van der Waals surface area contributed by atoms with Gasteiger partial charge < -0.3 is 0 Å². The van der Waals surface area contributed by atoms with Gasteiger partial charge in [0.2, 0.25) is 0 Å². The van der Waals surface area contributed by atoms with E-state index in [1.807, 2.05) is 26.0 Å². The van der Waals surface area contributed by atoms with Crippen LogP contribution in [0.2, 0.25) is 0 Å². The maximum absolute atomic E-state index is 12.4. The summed E-state index contributed by atoms with van der Waals surface area (Å²) in [6, 6.07) is 10.7. The molecule has 3 nitrogen and oxygen atoms in total. The number of halogens is 1. The van der Waals surface area contributed by atoms with Crippen molar-refractivity contribution in [2.24, 2.45) is 0 Å². The average molecular weight is 354 g/mol. The number of anilines is 1. The van der Waals surface area contributed by atoms with E-state index >= 15 is 0 Å². The second-order valence-corrected chi connectivity index (χ2v) is 7.40. The van der Waals surface area contributed by atoms with Crippen LogP contribution in [-0.2, 0) is 10.0 Å². The van der Waals surface area contributed by atoms with Crippen LogP contribution in [0.1, 0.15) is 16.7 Å². The number of nitrogens with one attached hydrogen (secondary N) is 1. The van der Waals surface area contributed by atoms with Crippen molar-refractivity contribution in [3.63, 3.8) is 0 Å². The third-order valence-electron chi connectivity index (χ3n) is 3.05. The number of rotatable bonds is 3. The van der Waals surface area contributed by atoms with Crippen molar-refractivity contribution in [3.8, 4) is 0 Å². The number of hydrogen-bond acceptors (Lipinski definition) is 2. The maximum atomic E-state index is 12.4. The zero-order chi connectivity index (χ0) is 14.9. The van der Waals surface area contributed by atoms with Gasteiger partial charge in [-0.2, -0.15) is 0 Å². The van der Waals surface area contributed by atoms with Gasteiger partial charge in [-0.15, -0.1) is 0 Å². The van der Waals surface area contributed by atoms with Crippen molar-refractivity contribution in [1.82, 2.24) is 0 Å². The Labute approximate surface area is 128 Å². The van der Waals surface area contributed by atoms with Crippen LogP contribution in [0.4, 0.5) is 5.69 Å². The summed E-state index contributed by atoms with van der Waals surface area (Å²) in [6.45, 7) is 5.64. The van der Waals surface area contributed by atoms with Crippen LogP contribution in [0, 0.1) is 20.8 Å². The van der Waals surface area contributed by atoms with Crippen molar-refractivity contribution in [3.05, 3.63) is 57.6 Å². The van der Waals surface area contributed by atoms with E-state index < -0.39 is 10.0 Å². The Balaban J connectivity index is 2.41. The van der Waals surface area contributed by atoms with Crippen LogP contribution in [0.5, 0.6) is 0 Å². The smallest absolute Gasteiger partial charge is 0.262 e. The van der Waals surface area contributed by atoms with Gasteiger partial charge in [-0.1, -0.05) is 33.6 Å². The Hall–Kier alpha value is -1.33. The molecule has 0 aliphatic rings. The monoisotopic (exact) mass is 353 g/mol. The molecule has 0 aliphatic carbocycles. The zero-order valence-corrected chi connectivity index (χ0v) is 14.0. The molecule has 0 atom stereocenters. The molecule has 0 unspecified atom stereocenters. The van der Waals surface area contributed by atoms with E-state index in [4.69, 9.17) is 0 Å². The maximum Gasteiger partial charge on any atom is 0.262 e. The molecular weight excluding hydrogens is 338 g/mol. The Morgan fingerprint density at radius 2 is 1.65 bits per heavy atom. The summed E-state index contributed by atoms with van der Waals surface area (Å²) in [5.41, 5.74) is 3.32. The second-order valence-electron chi connectivity index (χ2n) is 4.83. The Bertz CT molecular complexity index is 754. The predicted octanol–water partition coefficient (Wildman–Crippen LogP) is 4.18. The standard InChI is InChI=1S/C15H16BrNO2S/c1-10-4-6-14(11(2)8-10)17-20(18,19)15-7-5-13(16)9-12(15)3/h4-9,17H,1-3H3. The lowest BCUT2D eigenvalue weighted by Gasteiger charge is -2.13. The number of hydrogen-bond donors (Lipinski definition) is 1. The van der Waals surface area contributed by atoms with E-state index in [1.165, 1.54) is 0 Å². The van der Waals surface area contributed by atoms with E-state index in [9.17, 15) is 8.42 Å². The summed E-state index contributed by atoms with van der Waals surface area (Å²) in [5.74, 6) is 0. The normalized spacial score (nSPS) is 11.4. The molecule has 0 aromatic heterocycles. The Kier molecular flexibility index (Phi) is 4.20. The van der Waals surface area contributed by atoms with Crippen molar-refractivity contribution >= 4 is 31.6 Å². The molecule has 0 radical (unpaired) electrons. The summed E-state index contributed by atoms with van der Waals surface area (Å²) in [6.07, 6.45) is 0. The van der Waals surface area contributed by atoms with Gasteiger partial charge in [-0.3, -0.25) is 4.72 Å². The van der Waals surface area contributed by atoms with Crippen molar-refractivity contribution in [1.29, 1.82) is 0 Å². The van der Waals surface area contributed by atoms with Crippen LogP contribution < -0.4 is 4.72 Å². The van der Waals surface area contributed by atoms with E-state index in [0.29, 0.717) is 16.1 Å². The highest BCUT2D eigenvalue weighted by molar-refractivity contribution is 9.10. The molecule has 0 heterocycles. The third-order valence-corrected chi connectivity index (χ3v) is 5.07. The lowest BCUT2D eigenvalue weighted by Crippen LogP contribution is -2.15. The first-order chi connectivity index (χ1) is 9.29. The van der Waals surface area contributed by atoms with Gasteiger partial charge in [0.05, 0.1) is 10.6 Å². The molecule has 0 amide bonds. The van der Waals surface area contributed by atoms with E-state index in [0.717, 1.165) is 15.6 Å². The topological polar surface area (TPSA) is 46.2 Å². The van der Waals surface area contributed by atoms with Gasteiger partial charge in [-0.25, -0.2) is 8.42 Å². The first-order valence-corrected chi connectivity index (χ1v) is 8.43. The summed E-state index contributed by atoms with van der Waals surface area (Å²) in [5, 5.41) is 0. The van der Waals surface area contributed by atoms with Crippen LogP contribution in [-0.4, -0.2) is 8.42 Å². The molecular formula is C15H16BrNO2S. The summed E-state index contributed by atoms with van der Waals surface area (Å²) in [7, 11) is -3.57. The van der Waals surface area contributed by atoms with Crippen LogP contribution in [0.15, 0.2) is 45.8 Å². The fourth-order valence-electron chi connectivity index (χ4n) is 2.04. The van der Waals surface area contributed by atoms with E-state index in [2.05, 4.69) is 20.7 Å². The van der Waals surface area contributed by atoms with Crippen LogP contribution in [0.25, 0.3) is 0 Å². The molecule has 0 bridgehead atoms. The van der Waals surface area contributed by atoms with Crippen molar-refractivity contribution in [2.75, 3.05) is 4.72 Å². The second kappa shape index (κ2) is 5.58. The first-order valence-electron chi connectivity index (χ1n) is 6.16. The summed E-state index contributed by atoms with van der Waals surface area (Å²) >= 11 is 3.33. The van der Waals surface area contributed by atoms with Gasteiger partial charge in [0.15, 0.2) is 0 Å². The fourth-order valence-corrected chi connectivity index (χ4v) is 3.88. The molecule has 2 rings (SSSR count). The van der Waals surface area contributed by atoms with Crippen molar-refractivity contribution < 1.29 is 8.42 Å². The molecule has 2 aromatic rings. The molecule has 0 aliphatic heterocycles. The van der Waals surface area contributed by atoms with Gasteiger partial charge >= 0.3 is 0 Å². The Morgan fingerprint density at radius 1 is 0.950 bits per heavy atom. The minimum atomic E-state index is -3.57. The number of aryl methyl sites for hydroxylation is 3. The molecule has 20 heavy (non-hydrogen) atoms. The fraction of sp³-hybridized carbons (Fsp3) is 0.200.